The molecular weight excluding hydrogens is 326 g/mol. The second kappa shape index (κ2) is 7.77. The van der Waals surface area contributed by atoms with Gasteiger partial charge in [0.1, 0.15) is 6.04 Å². The number of hydrogen-bond acceptors (Lipinski definition) is 4. The normalized spacial score (nSPS) is 19.6. The molecule has 1 aromatic carbocycles. The molecule has 0 saturated carbocycles. The van der Waals surface area contributed by atoms with Crippen LogP contribution in [-0.4, -0.2) is 37.0 Å². The summed E-state index contributed by atoms with van der Waals surface area (Å²) in [5.74, 6) is -0.189. The number of carbonyl (C=O) groups excluding carboxylic acids is 1. The van der Waals surface area contributed by atoms with Crippen molar-refractivity contribution < 1.29 is 13.2 Å². The molecule has 0 radical (unpaired) electrons. The van der Waals surface area contributed by atoms with E-state index in [2.05, 4.69) is 11.4 Å². The Morgan fingerprint density at radius 1 is 1.42 bits per heavy atom. The molecule has 1 saturated heterocycles. The molecule has 0 spiro atoms. The van der Waals surface area contributed by atoms with Crippen LogP contribution in [0.3, 0.4) is 0 Å². The van der Waals surface area contributed by atoms with E-state index in [0.29, 0.717) is 31.4 Å². The molecule has 0 bridgehead atoms. The highest BCUT2D eigenvalue weighted by atomic mass is 32.2. The van der Waals surface area contributed by atoms with Crippen molar-refractivity contribution in [3.8, 4) is 6.07 Å². The van der Waals surface area contributed by atoms with Gasteiger partial charge in [-0.25, -0.2) is 8.42 Å². The molecule has 0 aromatic heterocycles. The predicted octanol–water partition coefficient (Wildman–Crippen LogP) is 1.94. The zero-order valence-electron chi connectivity index (χ0n) is 14.0. The number of rotatable bonds is 6. The standard InChI is InChI=1S/C17H23N3O3S/c1-3-11-24(22,23)20-10-4-5-16(20)17(21)19-13(2)15-8-6-14(12-18)7-9-15/h6-9,13,16H,3-5,10-11H2,1-2H3,(H,19,21). The summed E-state index contributed by atoms with van der Waals surface area (Å²) in [5.41, 5.74) is 1.44. The van der Waals surface area contributed by atoms with Gasteiger partial charge in [-0.3, -0.25) is 4.79 Å². The zero-order valence-corrected chi connectivity index (χ0v) is 14.8. The lowest BCUT2D eigenvalue weighted by atomic mass is 10.1. The van der Waals surface area contributed by atoms with E-state index in [9.17, 15) is 13.2 Å². The van der Waals surface area contributed by atoms with Gasteiger partial charge in [-0.1, -0.05) is 19.1 Å². The molecule has 2 atom stereocenters. The van der Waals surface area contributed by atoms with Gasteiger partial charge in [0.15, 0.2) is 0 Å². The van der Waals surface area contributed by atoms with Crippen LogP contribution in [-0.2, 0) is 14.8 Å². The average molecular weight is 349 g/mol. The van der Waals surface area contributed by atoms with Crippen LogP contribution in [0.25, 0.3) is 0 Å². The SMILES string of the molecule is CCCS(=O)(=O)N1CCCC1C(=O)NC(C)c1ccc(C#N)cc1. The number of carbonyl (C=O) groups is 1. The van der Waals surface area contributed by atoms with Gasteiger partial charge in [-0.05, 0) is 43.9 Å². The van der Waals surface area contributed by atoms with Crippen molar-refractivity contribution in [2.45, 2.75) is 45.2 Å². The van der Waals surface area contributed by atoms with Crippen LogP contribution in [0.15, 0.2) is 24.3 Å². The second-order valence-electron chi connectivity index (χ2n) is 6.05. The number of benzene rings is 1. The molecule has 1 aliphatic heterocycles. The first-order valence-corrected chi connectivity index (χ1v) is 9.80. The Kier molecular flexibility index (Phi) is 5.97. The van der Waals surface area contributed by atoms with Crippen molar-refractivity contribution >= 4 is 15.9 Å². The summed E-state index contributed by atoms with van der Waals surface area (Å²) in [5, 5.41) is 11.7. The van der Waals surface area contributed by atoms with E-state index < -0.39 is 16.1 Å². The number of nitrogens with one attached hydrogen (secondary N) is 1. The molecule has 7 heteroatoms. The van der Waals surface area contributed by atoms with Crippen molar-refractivity contribution in [1.82, 2.24) is 9.62 Å². The van der Waals surface area contributed by atoms with Gasteiger partial charge in [0.05, 0.1) is 23.4 Å². The second-order valence-corrected chi connectivity index (χ2v) is 8.09. The van der Waals surface area contributed by atoms with E-state index in [4.69, 9.17) is 5.26 Å². The molecule has 1 amide bonds. The number of nitrogens with zero attached hydrogens (tertiary/aromatic N) is 2. The minimum absolute atomic E-state index is 0.0714. The van der Waals surface area contributed by atoms with Crippen LogP contribution < -0.4 is 5.32 Å². The molecule has 6 nitrogen and oxygen atoms in total. The number of sulfonamides is 1. The maximum absolute atomic E-state index is 12.5. The molecule has 1 heterocycles. The van der Waals surface area contributed by atoms with Crippen molar-refractivity contribution in [1.29, 1.82) is 5.26 Å². The van der Waals surface area contributed by atoms with Crippen LogP contribution >= 0.6 is 0 Å². The summed E-state index contributed by atoms with van der Waals surface area (Å²) < 4.78 is 25.9. The molecule has 2 rings (SSSR count). The molecule has 2 unspecified atom stereocenters. The summed E-state index contributed by atoms with van der Waals surface area (Å²) in [6.45, 7) is 4.07. The van der Waals surface area contributed by atoms with Gasteiger partial charge in [0.2, 0.25) is 15.9 Å². The lowest BCUT2D eigenvalue weighted by Gasteiger charge is -2.25. The first-order chi connectivity index (χ1) is 11.4. The van der Waals surface area contributed by atoms with Crippen LogP contribution in [0.4, 0.5) is 0 Å². The molecule has 1 fully saturated rings. The van der Waals surface area contributed by atoms with Gasteiger partial charge in [-0.15, -0.1) is 0 Å². The summed E-state index contributed by atoms with van der Waals surface area (Å²) >= 11 is 0. The molecule has 1 aromatic rings. The third kappa shape index (κ3) is 4.13. The molecule has 0 aliphatic carbocycles. The Labute approximate surface area is 143 Å². The third-order valence-corrected chi connectivity index (χ3v) is 6.30. The fourth-order valence-corrected chi connectivity index (χ4v) is 4.70. The van der Waals surface area contributed by atoms with Crippen LogP contribution in [0.2, 0.25) is 0 Å². The van der Waals surface area contributed by atoms with Crippen molar-refractivity contribution in [3.05, 3.63) is 35.4 Å². The quantitative estimate of drug-likeness (QED) is 0.850. The number of nitriles is 1. The van der Waals surface area contributed by atoms with E-state index in [-0.39, 0.29) is 17.7 Å². The van der Waals surface area contributed by atoms with Gasteiger partial charge < -0.3 is 5.32 Å². The Hall–Kier alpha value is -1.91. The van der Waals surface area contributed by atoms with E-state index in [1.54, 1.807) is 24.3 Å². The fraction of sp³-hybridized carbons (Fsp3) is 0.529. The van der Waals surface area contributed by atoms with Crippen LogP contribution in [0.1, 0.15) is 50.3 Å². The average Bonchev–Trinajstić information content (AvgIpc) is 3.05. The Morgan fingerprint density at radius 3 is 2.67 bits per heavy atom. The number of amides is 1. The maximum Gasteiger partial charge on any atom is 0.238 e. The maximum atomic E-state index is 12.5. The minimum atomic E-state index is -3.38. The first-order valence-electron chi connectivity index (χ1n) is 8.19. The van der Waals surface area contributed by atoms with Gasteiger partial charge >= 0.3 is 0 Å². The van der Waals surface area contributed by atoms with Gasteiger partial charge in [0.25, 0.3) is 0 Å². The summed E-state index contributed by atoms with van der Waals surface area (Å²) in [7, 11) is -3.38. The lowest BCUT2D eigenvalue weighted by molar-refractivity contribution is -0.124. The smallest absolute Gasteiger partial charge is 0.238 e. The Morgan fingerprint density at radius 2 is 2.08 bits per heavy atom. The summed E-state index contributed by atoms with van der Waals surface area (Å²) in [6, 6.07) is 8.17. The van der Waals surface area contributed by atoms with Gasteiger partial charge in [-0.2, -0.15) is 9.57 Å². The molecule has 24 heavy (non-hydrogen) atoms. The highest BCUT2D eigenvalue weighted by Crippen LogP contribution is 2.23. The monoisotopic (exact) mass is 349 g/mol. The largest absolute Gasteiger partial charge is 0.348 e. The van der Waals surface area contributed by atoms with Crippen LogP contribution in [0.5, 0.6) is 0 Å². The molecular formula is C17H23N3O3S. The van der Waals surface area contributed by atoms with E-state index >= 15 is 0 Å². The van der Waals surface area contributed by atoms with E-state index in [0.717, 1.165) is 5.56 Å². The topological polar surface area (TPSA) is 90.3 Å². The highest BCUT2D eigenvalue weighted by Gasteiger charge is 2.38. The molecule has 1 aliphatic rings. The highest BCUT2D eigenvalue weighted by molar-refractivity contribution is 7.89. The Bertz CT molecular complexity index is 722. The Balaban J connectivity index is 2.06. The van der Waals surface area contributed by atoms with Crippen molar-refractivity contribution in [2.75, 3.05) is 12.3 Å². The van der Waals surface area contributed by atoms with Crippen molar-refractivity contribution in [2.24, 2.45) is 0 Å². The minimum Gasteiger partial charge on any atom is -0.348 e. The van der Waals surface area contributed by atoms with Crippen LogP contribution in [0, 0.1) is 11.3 Å². The summed E-state index contributed by atoms with van der Waals surface area (Å²) in [6.07, 6.45) is 1.79. The third-order valence-electron chi connectivity index (χ3n) is 4.22. The molecule has 1 N–H and O–H groups in total. The van der Waals surface area contributed by atoms with E-state index in [1.807, 2.05) is 13.8 Å². The zero-order chi connectivity index (χ0) is 17.7. The van der Waals surface area contributed by atoms with E-state index in [1.165, 1.54) is 4.31 Å². The summed E-state index contributed by atoms with van der Waals surface area (Å²) in [4.78, 5) is 12.5. The fourth-order valence-electron chi connectivity index (χ4n) is 2.95. The van der Waals surface area contributed by atoms with Crippen molar-refractivity contribution in [3.63, 3.8) is 0 Å². The first kappa shape index (κ1) is 18.4. The molecule has 130 valence electrons. The van der Waals surface area contributed by atoms with Gasteiger partial charge in [0, 0.05) is 6.54 Å². The predicted molar refractivity (Wildman–Crippen MR) is 91.5 cm³/mol. The lowest BCUT2D eigenvalue weighted by Crippen LogP contribution is -2.47. The number of hydrogen-bond donors (Lipinski definition) is 1.